The topological polar surface area (TPSA) is 50.4 Å². The Bertz CT molecular complexity index is 393. The van der Waals surface area contributed by atoms with Crippen molar-refractivity contribution in [3.05, 3.63) is 29.8 Å². The molecule has 0 radical (unpaired) electrons. The zero-order valence-electron chi connectivity index (χ0n) is 9.24. The molecule has 1 aromatic rings. The molecule has 1 amide bonds. The maximum Gasteiger partial charge on any atom is 0.413 e. The second-order valence-electron chi connectivity index (χ2n) is 3.08. The van der Waals surface area contributed by atoms with Crippen LogP contribution in [0.5, 0.6) is 0 Å². The third-order valence-electron chi connectivity index (χ3n) is 2.05. The van der Waals surface area contributed by atoms with Crippen LogP contribution in [0.25, 0.3) is 0 Å². The maximum atomic E-state index is 10.9. The molecule has 0 atom stereocenters. The Morgan fingerprint density at radius 2 is 2.12 bits per heavy atom. The van der Waals surface area contributed by atoms with Gasteiger partial charge in [-0.25, -0.2) is 4.79 Å². The molecule has 0 unspecified atom stereocenters. The number of methoxy groups -OCH3 is 1. The van der Waals surface area contributed by atoms with Crippen LogP contribution in [0.2, 0.25) is 0 Å². The van der Waals surface area contributed by atoms with Gasteiger partial charge in [0.2, 0.25) is 0 Å². The Morgan fingerprint density at radius 1 is 1.44 bits per heavy atom. The number of benzene rings is 1. The molecule has 0 heterocycles. The number of nitrogens with one attached hydrogen (secondary N) is 2. The third kappa shape index (κ3) is 3.51. The number of alkyl carbamates (subject to hydrolysis) is 1. The van der Waals surface area contributed by atoms with Gasteiger partial charge in [-0.2, -0.15) is 0 Å². The van der Waals surface area contributed by atoms with Gasteiger partial charge in [-0.05, 0) is 30.3 Å². The summed E-state index contributed by atoms with van der Waals surface area (Å²) < 4.78 is 4.44. The van der Waals surface area contributed by atoms with Crippen molar-refractivity contribution in [1.82, 2.24) is 5.32 Å². The monoisotopic (exact) mass is 238 g/mol. The number of anilines is 1. The number of hydrogen-bond donors (Lipinski definition) is 2. The molecule has 16 heavy (non-hydrogen) atoms. The number of ether oxygens (including phenoxy) is 1. The van der Waals surface area contributed by atoms with Gasteiger partial charge in [-0.1, -0.05) is 25.1 Å². The van der Waals surface area contributed by atoms with Crippen LogP contribution in [0.4, 0.5) is 10.5 Å². The van der Waals surface area contributed by atoms with Gasteiger partial charge in [-0.15, -0.1) is 0 Å². The first kappa shape index (κ1) is 12.4. The number of carbonyl (C=O) groups is 1. The fraction of sp³-hybridized carbons (Fsp3) is 0.273. The first-order chi connectivity index (χ1) is 7.67. The normalized spacial score (nSPS) is 9.38. The van der Waals surface area contributed by atoms with E-state index in [1.165, 1.54) is 7.11 Å². The summed E-state index contributed by atoms with van der Waals surface area (Å²) in [5.41, 5.74) is 2.03. The lowest BCUT2D eigenvalue weighted by atomic mass is 10.1. The van der Waals surface area contributed by atoms with E-state index in [9.17, 15) is 4.79 Å². The fourth-order valence-electron chi connectivity index (χ4n) is 1.25. The van der Waals surface area contributed by atoms with E-state index in [0.717, 1.165) is 17.7 Å². The Balaban J connectivity index is 2.65. The van der Waals surface area contributed by atoms with Crippen molar-refractivity contribution in [1.29, 1.82) is 0 Å². The molecule has 5 heteroatoms. The molecular weight excluding hydrogens is 224 g/mol. The molecule has 1 aromatic carbocycles. The first-order valence-corrected chi connectivity index (χ1v) is 5.32. The zero-order valence-corrected chi connectivity index (χ0v) is 10.1. The van der Waals surface area contributed by atoms with Gasteiger partial charge < -0.3 is 10.1 Å². The van der Waals surface area contributed by atoms with Crippen LogP contribution < -0.4 is 10.6 Å². The van der Waals surface area contributed by atoms with Crippen molar-refractivity contribution in [3.8, 4) is 0 Å². The van der Waals surface area contributed by atoms with Crippen LogP contribution in [0, 0.1) is 0 Å². The van der Waals surface area contributed by atoms with Gasteiger partial charge in [0, 0.05) is 5.69 Å². The largest absolute Gasteiger partial charge is 0.453 e. The summed E-state index contributed by atoms with van der Waals surface area (Å²) in [5, 5.41) is 5.56. The second-order valence-corrected chi connectivity index (χ2v) is 3.49. The summed E-state index contributed by atoms with van der Waals surface area (Å²) in [6.07, 6.45) is 0.316. The van der Waals surface area contributed by atoms with Crippen LogP contribution in [-0.2, 0) is 11.2 Å². The van der Waals surface area contributed by atoms with Gasteiger partial charge in [0.05, 0.1) is 7.11 Å². The molecule has 0 bridgehead atoms. The molecule has 0 fully saturated rings. The Kier molecular flexibility index (Phi) is 4.72. The quantitative estimate of drug-likeness (QED) is 0.776. The highest BCUT2D eigenvalue weighted by Gasteiger charge is 2.05. The molecule has 0 aromatic heterocycles. The van der Waals surface area contributed by atoms with E-state index in [2.05, 4.69) is 22.3 Å². The van der Waals surface area contributed by atoms with Crippen LogP contribution in [0.3, 0.4) is 0 Å². The average molecular weight is 238 g/mol. The molecule has 1 rings (SSSR count). The minimum atomic E-state index is -0.577. The Labute approximate surface area is 100.0 Å². The summed E-state index contributed by atoms with van der Waals surface area (Å²) in [7, 11) is 1.29. The summed E-state index contributed by atoms with van der Waals surface area (Å²) in [6, 6.07) is 7.77. The van der Waals surface area contributed by atoms with Crippen LogP contribution in [0.1, 0.15) is 12.5 Å². The molecule has 0 aliphatic heterocycles. The molecular formula is C11H14N2O2S. The Morgan fingerprint density at radius 3 is 2.75 bits per heavy atom. The van der Waals surface area contributed by atoms with Gasteiger partial charge in [0.1, 0.15) is 0 Å². The first-order valence-electron chi connectivity index (χ1n) is 4.91. The van der Waals surface area contributed by atoms with Crippen molar-refractivity contribution >= 4 is 29.1 Å². The summed E-state index contributed by atoms with van der Waals surface area (Å²) in [4.78, 5) is 10.9. The molecule has 0 aliphatic carbocycles. The van der Waals surface area contributed by atoms with Crippen LogP contribution >= 0.6 is 12.2 Å². The third-order valence-corrected chi connectivity index (χ3v) is 2.25. The molecule has 0 saturated carbocycles. The molecule has 0 saturated heterocycles. The predicted molar refractivity (Wildman–Crippen MR) is 67.6 cm³/mol. The van der Waals surface area contributed by atoms with Crippen LogP contribution in [0.15, 0.2) is 24.3 Å². The summed E-state index contributed by atoms with van der Waals surface area (Å²) in [6.45, 7) is 2.05. The van der Waals surface area contributed by atoms with Gasteiger partial charge in [-0.3, -0.25) is 5.32 Å². The van der Waals surface area contributed by atoms with Gasteiger partial charge in [0.25, 0.3) is 0 Å². The highest BCUT2D eigenvalue weighted by atomic mass is 32.1. The van der Waals surface area contributed by atoms with Crippen molar-refractivity contribution in [3.63, 3.8) is 0 Å². The van der Waals surface area contributed by atoms with Crippen molar-refractivity contribution in [2.24, 2.45) is 0 Å². The van der Waals surface area contributed by atoms with E-state index >= 15 is 0 Å². The zero-order chi connectivity index (χ0) is 12.0. The number of amides is 1. The highest BCUT2D eigenvalue weighted by Crippen LogP contribution is 2.14. The van der Waals surface area contributed by atoms with Crippen LogP contribution in [-0.4, -0.2) is 18.3 Å². The van der Waals surface area contributed by atoms with E-state index in [4.69, 9.17) is 12.2 Å². The van der Waals surface area contributed by atoms with E-state index in [0.29, 0.717) is 0 Å². The number of carbonyl (C=O) groups excluding carboxylic acids is 1. The molecule has 86 valence electrons. The molecule has 2 N–H and O–H groups in total. The smallest absolute Gasteiger partial charge is 0.413 e. The minimum absolute atomic E-state index is 0.229. The van der Waals surface area contributed by atoms with E-state index < -0.39 is 6.09 Å². The second kappa shape index (κ2) is 6.07. The van der Waals surface area contributed by atoms with E-state index in [1.54, 1.807) is 0 Å². The minimum Gasteiger partial charge on any atom is -0.453 e. The fourth-order valence-corrected chi connectivity index (χ4v) is 1.44. The molecule has 0 aliphatic rings. The number of aryl methyl sites for hydroxylation is 1. The average Bonchev–Trinajstić information content (AvgIpc) is 2.29. The summed E-state index contributed by atoms with van der Waals surface area (Å²) in [5.74, 6) is 0. The predicted octanol–water partition coefficient (Wildman–Crippen LogP) is 2.30. The SMILES string of the molecule is CCc1ccccc1NC(=S)NC(=O)OC. The number of thiocarbonyl (C=S) groups is 1. The molecule has 4 nitrogen and oxygen atoms in total. The number of rotatable bonds is 2. The lowest BCUT2D eigenvalue weighted by Gasteiger charge is -2.11. The maximum absolute atomic E-state index is 10.9. The van der Waals surface area contributed by atoms with Crippen molar-refractivity contribution in [2.75, 3.05) is 12.4 Å². The molecule has 0 spiro atoms. The standard InChI is InChI=1S/C11H14N2O2S/c1-3-8-6-4-5-7-9(8)12-10(16)13-11(14)15-2/h4-7H,3H2,1-2H3,(H2,12,13,14,16). The van der Waals surface area contributed by atoms with E-state index in [1.807, 2.05) is 24.3 Å². The Hall–Kier alpha value is -1.62. The van der Waals surface area contributed by atoms with Crippen molar-refractivity contribution in [2.45, 2.75) is 13.3 Å². The van der Waals surface area contributed by atoms with Gasteiger partial charge >= 0.3 is 6.09 Å². The summed E-state index contributed by atoms with van der Waals surface area (Å²) >= 11 is 4.96. The lowest BCUT2D eigenvalue weighted by molar-refractivity contribution is 0.177. The van der Waals surface area contributed by atoms with E-state index in [-0.39, 0.29) is 5.11 Å². The highest BCUT2D eigenvalue weighted by molar-refractivity contribution is 7.80. The number of hydrogen-bond acceptors (Lipinski definition) is 3. The lowest BCUT2D eigenvalue weighted by Crippen LogP contribution is -2.34. The van der Waals surface area contributed by atoms with Crippen molar-refractivity contribution < 1.29 is 9.53 Å². The van der Waals surface area contributed by atoms with Gasteiger partial charge in [0.15, 0.2) is 5.11 Å². The number of para-hydroxylation sites is 1.